The van der Waals surface area contributed by atoms with Crippen LogP contribution >= 0.6 is 0 Å². The monoisotopic (exact) mass is 303 g/mol. The van der Waals surface area contributed by atoms with Gasteiger partial charge in [-0.3, -0.25) is 9.59 Å². The predicted molar refractivity (Wildman–Crippen MR) is 81.2 cm³/mol. The molecule has 0 bridgehead atoms. The zero-order chi connectivity index (χ0) is 15.5. The third-order valence-electron chi connectivity index (χ3n) is 4.10. The molecule has 2 aliphatic rings. The molecule has 1 saturated heterocycles. The molecule has 1 N–H and O–H groups in total. The summed E-state index contributed by atoms with van der Waals surface area (Å²) in [6.45, 7) is 4.43. The zero-order valence-electron chi connectivity index (χ0n) is 12.7. The van der Waals surface area contributed by atoms with Crippen LogP contribution in [0, 0.1) is 5.92 Å². The molecule has 2 heterocycles. The number of hydrogen-bond donors (Lipinski definition) is 1. The fraction of sp³-hybridized carbons (Fsp3) is 0.600. The molecule has 2 amide bonds. The highest BCUT2D eigenvalue weighted by Gasteiger charge is 2.33. The topological polar surface area (TPSA) is 78.4 Å². The highest BCUT2D eigenvalue weighted by molar-refractivity contribution is 5.89. The van der Waals surface area contributed by atoms with Crippen molar-refractivity contribution in [3.05, 3.63) is 18.5 Å². The van der Waals surface area contributed by atoms with Crippen molar-refractivity contribution >= 4 is 17.8 Å². The van der Waals surface area contributed by atoms with Gasteiger partial charge in [-0.15, -0.1) is 0 Å². The van der Waals surface area contributed by atoms with E-state index in [2.05, 4.69) is 20.2 Å². The Labute approximate surface area is 129 Å². The van der Waals surface area contributed by atoms with Gasteiger partial charge in [0, 0.05) is 44.5 Å². The first kappa shape index (κ1) is 14.7. The molecule has 3 rings (SSSR count). The Hall–Kier alpha value is -2.18. The number of anilines is 1. The Kier molecular flexibility index (Phi) is 4.22. The predicted octanol–water partition coefficient (Wildman–Crippen LogP) is 0.0399. The number of carbonyl (C=O) groups is 2. The van der Waals surface area contributed by atoms with Crippen molar-refractivity contribution in [1.29, 1.82) is 0 Å². The van der Waals surface area contributed by atoms with Crippen molar-refractivity contribution in [2.75, 3.05) is 31.1 Å². The molecule has 0 spiro atoms. The summed E-state index contributed by atoms with van der Waals surface area (Å²) in [4.78, 5) is 36.4. The maximum Gasteiger partial charge on any atom is 0.244 e. The van der Waals surface area contributed by atoms with Crippen LogP contribution in [0.4, 0.5) is 5.95 Å². The zero-order valence-corrected chi connectivity index (χ0v) is 12.7. The number of aromatic nitrogens is 2. The molecular weight excluding hydrogens is 282 g/mol. The average molecular weight is 303 g/mol. The van der Waals surface area contributed by atoms with Crippen LogP contribution in [-0.4, -0.2) is 58.9 Å². The van der Waals surface area contributed by atoms with Crippen LogP contribution in [0.15, 0.2) is 18.5 Å². The molecule has 7 heteroatoms. The first-order valence-corrected chi connectivity index (χ1v) is 7.76. The van der Waals surface area contributed by atoms with E-state index in [9.17, 15) is 9.59 Å². The van der Waals surface area contributed by atoms with Crippen molar-refractivity contribution in [3.63, 3.8) is 0 Å². The largest absolute Gasteiger partial charge is 0.344 e. The summed E-state index contributed by atoms with van der Waals surface area (Å²) in [7, 11) is 0. The lowest BCUT2D eigenvalue weighted by Gasteiger charge is -2.35. The summed E-state index contributed by atoms with van der Waals surface area (Å²) in [6, 6.07) is 1.33. The van der Waals surface area contributed by atoms with E-state index >= 15 is 0 Å². The Morgan fingerprint density at radius 1 is 1.18 bits per heavy atom. The second-order valence-corrected chi connectivity index (χ2v) is 5.87. The Morgan fingerprint density at radius 3 is 2.41 bits per heavy atom. The third-order valence-corrected chi connectivity index (χ3v) is 4.10. The minimum atomic E-state index is -0.451. The van der Waals surface area contributed by atoms with Gasteiger partial charge in [-0.2, -0.15) is 0 Å². The summed E-state index contributed by atoms with van der Waals surface area (Å²) in [5.41, 5.74) is 0. The highest BCUT2D eigenvalue weighted by atomic mass is 16.2. The van der Waals surface area contributed by atoms with Crippen LogP contribution in [0.1, 0.15) is 19.8 Å². The minimum absolute atomic E-state index is 0.0113. The Bertz CT molecular complexity index is 538. The first-order chi connectivity index (χ1) is 10.6. The van der Waals surface area contributed by atoms with Gasteiger partial charge in [-0.1, -0.05) is 0 Å². The molecule has 2 fully saturated rings. The fourth-order valence-corrected chi connectivity index (χ4v) is 2.59. The summed E-state index contributed by atoms with van der Waals surface area (Å²) < 4.78 is 0. The molecule has 1 saturated carbocycles. The molecule has 1 aromatic heterocycles. The molecule has 0 unspecified atom stereocenters. The van der Waals surface area contributed by atoms with E-state index in [1.54, 1.807) is 30.3 Å². The second kappa shape index (κ2) is 6.29. The van der Waals surface area contributed by atoms with E-state index in [-0.39, 0.29) is 17.7 Å². The van der Waals surface area contributed by atoms with Gasteiger partial charge in [0.05, 0.1) is 0 Å². The molecule has 1 aromatic rings. The van der Waals surface area contributed by atoms with Crippen LogP contribution in [-0.2, 0) is 9.59 Å². The maximum absolute atomic E-state index is 12.4. The lowest BCUT2D eigenvalue weighted by molar-refractivity contribution is -0.136. The van der Waals surface area contributed by atoms with Crippen molar-refractivity contribution in [2.45, 2.75) is 25.8 Å². The normalized spacial score (nSPS) is 19.7. The van der Waals surface area contributed by atoms with Gasteiger partial charge in [0.15, 0.2) is 0 Å². The Balaban J connectivity index is 1.50. The van der Waals surface area contributed by atoms with E-state index in [1.807, 2.05) is 0 Å². The van der Waals surface area contributed by atoms with Crippen LogP contribution in [0.2, 0.25) is 0 Å². The fourth-order valence-electron chi connectivity index (χ4n) is 2.59. The molecule has 1 aliphatic carbocycles. The van der Waals surface area contributed by atoms with Crippen molar-refractivity contribution in [2.24, 2.45) is 5.92 Å². The molecular formula is C15H21N5O2. The van der Waals surface area contributed by atoms with E-state index in [4.69, 9.17) is 0 Å². The van der Waals surface area contributed by atoms with Gasteiger partial charge in [0.1, 0.15) is 6.04 Å². The number of rotatable bonds is 4. The summed E-state index contributed by atoms with van der Waals surface area (Å²) in [5, 5.41) is 2.81. The van der Waals surface area contributed by atoms with Crippen LogP contribution in [0.25, 0.3) is 0 Å². The van der Waals surface area contributed by atoms with Crippen LogP contribution < -0.4 is 10.2 Å². The van der Waals surface area contributed by atoms with Gasteiger partial charge >= 0.3 is 0 Å². The van der Waals surface area contributed by atoms with Crippen molar-refractivity contribution in [3.8, 4) is 0 Å². The van der Waals surface area contributed by atoms with Crippen LogP contribution in [0.5, 0.6) is 0 Å². The van der Waals surface area contributed by atoms with Gasteiger partial charge in [0.25, 0.3) is 0 Å². The second-order valence-electron chi connectivity index (χ2n) is 5.87. The molecule has 118 valence electrons. The van der Waals surface area contributed by atoms with Gasteiger partial charge < -0.3 is 15.1 Å². The van der Waals surface area contributed by atoms with Crippen molar-refractivity contribution in [1.82, 2.24) is 20.2 Å². The van der Waals surface area contributed by atoms with Crippen LogP contribution in [0.3, 0.4) is 0 Å². The SMILES string of the molecule is C[C@H](NC(=O)C1CC1)C(=O)N1CCN(c2ncccn2)CC1. The molecule has 7 nitrogen and oxygen atoms in total. The van der Waals surface area contributed by atoms with Gasteiger partial charge in [-0.05, 0) is 25.8 Å². The number of carbonyl (C=O) groups excluding carboxylic acids is 2. The first-order valence-electron chi connectivity index (χ1n) is 7.76. The highest BCUT2D eigenvalue weighted by Crippen LogP contribution is 2.28. The number of piperazine rings is 1. The molecule has 1 atom stereocenters. The lowest BCUT2D eigenvalue weighted by atomic mass is 10.2. The summed E-state index contributed by atoms with van der Waals surface area (Å²) in [5.74, 6) is 0.826. The lowest BCUT2D eigenvalue weighted by Crippen LogP contribution is -2.54. The summed E-state index contributed by atoms with van der Waals surface area (Å²) >= 11 is 0. The van der Waals surface area contributed by atoms with E-state index in [0.717, 1.165) is 12.8 Å². The van der Waals surface area contributed by atoms with Crippen molar-refractivity contribution < 1.29 is 9.59 Å². The third kappa shape index (κ3) is 3.35. The van der Waals surface area contributed by atoms with E-state index in [1.165, 1.54) is 0 Å². The smallest absolute Gasteiger partial charge is 0.244 e. The average Bonchev–Trinajstić information content (AvgIpc) is 3.40. The number of nitrogens with one attached hydrogen (secondary N) is 1. The van der Waals surface area contributed by atoms with Gasteiger partial charge in [-0.25, -0.2) is 9.97 Å². The standard InChI is InChI=1S/C15H21N5O2/c1-11(18-13(21)12-3-4-12)14(22)19-7-9-20(10-8-19)15-16-5-2-6-17-15/h2,5-6,11-12H,3-4,7-10H2,1H3,(H,18,21)/t11-/m0/s1. The molecule has 22 heavy (non-hydrogen) atoms. The van der Waals surface area contributed by atoms with E-state index in [0.29, 0.717) is 32.1 Å². The molecule has 1 aliphatic heterocycles. The summed E-state index contributed by atoms with van der Waals surface area (Å²) in [6.07, 6.45) is 5.33. The Morgan fingerprint density at radius 2 is 1.82 bits per heavy atom. The molecule has 0 aromatic carbocycles. The maximum atomic E-state index is 12.4. The minimum Gasteiger partial charge on any atom is -0.344 e. The number of hydrogen-bond acceptors (Lipinski definition) is 5. The quantitative estimate of drug-likeness (QED) is 0.850. The molecule has 0 radical (unpaired) electrons. The number of nitrogens with zero attached hydrogens (tertiary/aromatic N) is 4. The van der Waals surface area contributed by atoms with Gasteiger partial charge in [0.2, 0.25) is 17.8 Å². The number of amides is 2. The van der Waals surface area contributed by atoms with E-state index < -0.39 is 6.04 Å².